The van der Waals surface area contributed by atoms with Crippen molar-refractivity contribution in [3.8, 4) is 0 Å². The molecule has 1 aromatic heterocycles. The van der Waals surface area contributed by atoms with Crippen molar-refractivity contribution in [3.05, 3.63) is 23.0 Å². The normalized spacial score (nSPS) is 30.9. The van der Waals surface area contributed by atoms with Gasteiger partial charge in [-0.25, -0.2) is 8.42 Å². The number of sulfone groups is 1. The third kappa shape index (κ3) is 2.78. The second-order valence-electron chi connectivity index (χ2n) is 7.53. The van der Waals surface area contributed by atoms with Gasteiger partial charge in [0.05, 0.1) is 17.6 Å². The molecule has 1 aromatic rings. The zero-order chi connectivity index (χ0) is 15.4. The van der Waals surface area contributed by atoms with Crippen molar-refractivity contribution < 1.29 is 13.5 Å². The van der Waals surface area contributed by atoms with Crippen LogP contribution >= 0.6 is 0 Å². The third-order valence-electron chi connectivity index (χ3n) is 4.92. The fourth-order valence-electron chi connectivity index (χ4n) is 4.08. The van der Waals surface area contributed by atoms with Crippen molar-refractivity contribution in [2.45, 2.75) is 58.6 Å². The highest BCUT2D eigenvalue weighted by Gasteiger charge is 2.36. The largest absolute Gasteiger partial charge is 0.388 e. The molecule has 2 atom stereocenters. The predicted octanol–water partition coefficient (Wildman–Crippen LogP) is 2.55. The van der Waals surface area contributed by atoms with Gasteiger partial charge in [-0.1, -0.05) is 13.8 Å². The standard InChI is InChI=1S/C16H25NO3S/c1-11-7-13-14(8-16(2,3)9-15(13)18)17(11)12-5-4-6-21(19,20)10-12/h7,12,15,18H,4-6,8-10H2,1-3H3. The lowest BCUT2D eigenvalue weighted by Crippen LogP contribution is -2.32. The lowest BCUT2D eigenvalue weighted by molar-refractivity contribution is 0.0974. The van der Waals surface area contributed by atoms with E-state index < -0.39 is 15.9 Å². The minimum atomic E-state index is -2.93. The molecule has 0 saturated carbocycles. The molecule has 2 aliphatic rings. The fourth-order valence-corrected chi connectivity index (χ4v) is 5.75. The van der Waals surface area contributed by atoms with Crippen LogP contribution in [0, 0.1) is 12.3 Å². The molecule has 4 nitrogen and oxygen atoms in total. The van der Waals surface area contributed by atoms with Gasteiger partial charge in [-0.2, -0.15) is 0 Å². The molecule has 0 aromatic carbocycles. The Hall–Kier alpha value is -0.810. The van der Waals surface area contributed by atoms with E-state index in [0.29, 0.717) is 5.75 Å². The Kier molecular flexibility index (Phi) is 3.49. The van der Waals surface area contributed by atoms with E-state index in [0.717, 1.165) is 42.6 Å². The smallest absolute Gasteiger partial charge is 0.152 e. The Balaban J connectivity index is 2.04. The number of fused-ring (bicyclic) bond motifs is 1. The van der Waals surface area contributed by atoms with Gasteiger partial charge in [0.15, 0.2) is 9.84 Å². The summed E-state index contributed by atoms with van der Waals surface area (Å²) in [6, 6.07) is 2.09. The molecule has 3 rings (SSSR count). The first-order valence-electron chi connectivity index (χ1n) is 7.78. The van der Waals surface area contributed by atoms with E-state index >= 15 is 0 Å². The molecule has 1 N–H and O–H groups in total. The maximum atomic E-state index is 12.0. The summed E-state index contributed by atoms with van der Waals surface area (Å²) >= 11 is 0. The van der Waals surface area contributed by atoms with Gasteiger partial charge in [-0.05, 0) is 44.1 Å². The SMILES string of the molecule is Cc1cc2c(n1C1CCCS(=O)(=O)C1)CC(C)(C)CC2O. The Morgan fingerprint density at radius 1 is 1.38 bits per heavy atom. The van der Waals surface area contributed by atoms with Gasteiger partial charge in [0.25, 0.3) is 0 Å². The number of hydrogen-bond acceptors (Lipinski definition) is 3. The van der Waals surface area contributed by atoms with Gasteiger partial charge in [0.1, 0.15) is 0 Å². The quantitative estimate of drug-likeness (QED) is 0.867. The number of aromatic nitrogens is 1. The number of hydrogen-bond donors (Lipinski definition) is 1. The van der Waals surface area contributed by atoms with Crippen LogP contribution in [-0.2, 0) is 16.3 Å². The first-order chi connectivity index (χ1) is 9.69. The fraction of sp³-hybridized carbons (Fsp3) is 0.750. The van der Waals surface area contributed by atoms with E-state index in [-0.39, 0.29) is 17.2 Å². The summed E-state index contributed by atoms with van der Waals surface area (Å²) < 4.78 is 26.1. The summed E-state index contributed by atoms with van der Waals surface area (Å²) in [7, 11) is -2.93. The first-order valence-corrected chi connectivity index (χ1v) is 9.60. The molecule has 0 amide bonds. The van der Waals surface area contributed by atoms with Crippen molar-refractivity contribution in [2.24, 2.45) is 5.41 Å². The van der Waals surface area contributed by atoms with Gasteiger partial charge < -0.3 is 9.67 Å². The Morgan fingerprint density at radius 3 is 2.76 bits per heavy atom. The van der Waals surface area contributed by atoms with Gasteiger partial charge in [0, 0.05) is 23.0 Å². The Labute approximate surface area is 127 Å². The molecule has 118 valence electrons. The number of nitrogens with zero attached hydrogens (tertiary/aromatic N) is 1. The molecular weight excluding hydrogens is 286 g/mol. The van der Waals surface area contributed by atoms with Crippen LogP contribution in [0.2, 0.25) is 0 Å². The highest BCUT2D eigenvalue weighted by atomic mass is 32.2. The second kappa shape index (κ2) is 4.85. The average Bonchev–Trinajstić information content (AvgIpc) is 2.63. The topological polar surface area (TPSA) is 59.3 Å². The summed E-state index contributed by atoms with van der Waals surface area (Å²) in [5.74, 6) is 0.561. The van der Waals surface area contributed by atoms with E-state index in [9.17, 15) is 13.5 Å². The predicted molar refractivity (Wildman–Crippen MR) is 83.2 cm³/mol. The van der Waals surface area contributed by atoms with E-state index in [1.54, 1.807) is 0 Å². The van der Waals surface area contributed by atoms with E-state index in [2.05, 4.69) is 24.5 Å². The van der Waals surface area contributed by atoms with Crippen LogP contribution in [0.15, 0.2) is 6.07 Å². The molecule has 5 heteroatoms. The van der Waals surface area contributed by atoms with Gasteiger partial charge >= 0.3 is 0 Å². The van der Waals surface area contributed by atoms with Crippen molar-refractivity contribution >= 4 is 9.84 Å². The molecule has 1 aliphatic carbocycles. The van der Waals surface area contributed by atoms with Gasteiger partial charge in [0.2, 0.25) is 0 Å². The lowest BCUT2D eigenvalue weighted by atomic mass is 9.75. The Bertz CT molecular complexity index is 657. The number of rotatable bonds is 1. The molecule has 0 spiro atoms. The van der Waals surface area contributed by atoms with Crippen molar-refractivity contribution in [2.75, 3.05) is 11.5 Å². The van der Waals surface area contributed by atoms with Crippen LogP contribution in [0.25, 0.3) is 0 Å². The molecule has 1 aliphatic heterocycles. The summed E-state index contributed by atoms with van der Waals surface area (Å²) in [5, 5.41) is 10.4. The summed E-state index contributed by atoms with van der Waals surface area (Å²) in [5.41, 5.74) is 3.30. The Morgan fingerprint density at radius 2 is 2.10 bits per heavy atom. The molecule has 0 bridgehead atoms. The molecular formula is C16H25NO3S. The zero-order valence-corrected chi connectivity index (χ0v) is 13.9. The molecule has 1 fully saturated rings. The average molecular weight is 311 g/mol. The number of aliphatic hydroxyl groups excluding tert-OH is 1. The molecule has 1 saturated heterocycles. The monoisotopic (exact) mass is 311 g/mol. The molecule has 21 heavy (non-hydrogen) atoms. The van der Waals surface area contributed by atoms with Crippen molar-refractivity contribution in [3.63, 3.8) is 0 Å². The van der Waals surface area contributed by atoms with Crippen LogP contribution in [0.1, 0.15) is 62.2 Å². The minimum Gasteiger partial charge on any atom is -0.388 e. The minimum absolute atomic E-state index is 0.0357. The molecule has 0 radical (unpaired) electrons. The van der Waals surface area contributed by atoms with Crippen molar-refractivity contribution in [1.29, 1.82) is 0 Å². The summed E-state index contributed by atoms with van der Waals surface area (Å²) in [4.78, 5) is 0. The molecule has 2 unspecified atom stereocenters. The maximum absolute atomic E-state index is 12.0. The zero-order valence-electron chi connectivity index (χ0n) is 13.1. The third-order valence-corrected chi connectivity index (χ3v) is 6.73. The van der Waals surface area contributed by atoms with Crippen LogP contribution in [0.4, 0.5) is 0 Å². The van der Waals surface area contributed by atoms with Gasteiger partial charge in [-0.3, -0.25) is 0 Å². The second-order valence-corrected chi connectivity index (χ2v) is 9.76. The first kappa shape index (κ1) is 15.1. The van der Waals surface area contributed by atoms with Crippen LogP contribution in [0.3, 0.4) is 0 Å². The highest BCUT2D eigenvalue weighted by molar-refractivity contribution is 7.91. The number of aryl methyl sites for hydroxylation is 1. The maximum Gasteiger partial charge on any atom is 0.152 e. The van der Waals surface area contributed by atoms with E-state index in [1.807, 2.05) is 6.92 Å². The van der Waals surface area contributed by atoms with Crippen LogP contribution in [-0.4, -0.2) is 29.6 Å². The van der Waals surface area contributed by atoms with E-state index in [1.165, 1.54) is 0 Å². The summed E-state index contributed by atoms with van der Waals surface area (Å²) in [6.45, 7) is 6.37. The van der Waals surface area contributed by atoms with Crippen LogP contribution in [0.5, 0.6) is 0 Å². The highest BCUT2D eigenvalue weighted by Crippen LogP contribution is 2.43. The van der Waals surface area contributed by atoms with Crippen LogP contribution < -0.4 is 0 Å². The number of aliphatic hydroxyl groups is 1. The van der Waals surface area contributed by atoms with E-state index in [4.69, 9.17) is 0 Å². The van der Waals surface area contributed by atoms with Gasteiger partial charge in [-0.15, -0.1) is 0 Å². The summed E-state index contributed by atoms with van der Waals surface area (Å²) in [6.07, 6.45) is 2.91. The van der Waals surface area contributed by atoms with Crippen molar-refractivity contribution in [1.82, 2.24) is 4.57 Å². The molecule has 2 heterocycles. The lowest BCUT2D eigenvalue weighted by Gasteiger charge is -2.36.